The second-order valence-corrected chi connectivity index (χ2v) is 4.16. The Balaban J connectivity index is 1.96. The van der Waals surface area contributed by atoms with E-state index in [2.05, 4.69) is 10.5 Å². The lowest BCUT2D eigenvalue weighted by Crippen LogP contribution is -1.93. The van der Waals surface area contributed by atoms with E-state index in [9.17, 15) is 5.11 Å². The van der Waals surface area contributed by atoms with Crippen molar-refractivity contribution in [3.05, 3.63) is 66.2 Å². The van der Waals surface area contributed by atoms with Gasteiger partial charge in [0.05, 0.1) is 11.4 Å². The number of anilines is 1. The lowest BCUT2D eigenvalue weighted by Gasteiger charge is -2.00. The van der Waals surface area contributed by atoms with Crippen molar-refractivity contribution in [1.29, 1.82) is 0 Å². The summed E-state index contributed by atoms with van der Waals surface area (Å²) < 4.78 is 0. The van der Waals surface area contributed by atoms with Crippen LogP contribution in [0.1, 0.15) is 12.5 Å². The van der Waals surface area contributed by atoms with E-state index in [-0.39, 0.29) is 5.75 Å². The Morgan fingerprint density at radius 1 is 1.05 bits per heavy atom. The van der Waals surface area contributed by atoms with Crippen molar-refractivity contribution in [3.63, 3.8) is 0 Å². The molecule has 0 aliphatic heterocycles. The first-order valence-corrected chi connectivity index (χ1v) is 6.06. The minimum atomic E-state index is 0.272. The summed E-state index contributed by atoms with van der Waals surface area (Å²) in [5.74, 6) is 0.272. The van der Waals surface area contributed by atoms with E-state index in [1.54, 1.807) is 12.1 Å². The number of phenols is 1. The van der Waals surface area contributed by atoms with Crippen molar-refractivity contribution in [3.8, 4) is 5.75 Å². The third-order valence-corrected chi connectivity index (χ3v) is 2.55. The fourth-order valence-corrected chi connectivity index (χ4v) is 1.50. The molecule has 2 N–H and O–H groups in total. The lowest BCUT2D eigenvalue weighted by molar-refractivity contribution is 0.475. The predicted octanol–water partition coefficient (Wildman–Crippen LogP) is 3.89. The van der Waals surface area contributed by atoms with Crippen molar-refractivity contribution in [1.82, 2.24) is 0 Å². The van der Waals surface area contributed by atoms with Crippen LogP contribution in [0.3, 0.4) is 0 Å². The summed E-state index contributed by atoms with van der Waals surface area (Å²) in [6, 6.07) is 16.8. The quantitative estimate of drug-likeness (QED) is 0.640. The van der Waals surface area contributed by atoms with Gasteiger partial charge in [-0.05, 0) is 42.8 Å². The van der Waals surface area contributed by atoms with Crippen molar-refractivity contribution < 1.29 is 5.11 Å². The minimum absolute atomic E-state index is 0.272. The highest BCUT2D eigenvalue weighted by Gasteiger charge is 1.90. The number of rotatable bonds is 4. The summed E-state index contributed by atoms with van der Waals surface area (Å²) in [4.78, 5) is 0. The molecule has 2 aromatic rings. The maximum Gasteiger partial charge on any atom is 0.115 e. The van der Waals surface area contributed by atoms with Gasteiger partial charge < -0.3 is 5.11 Å². The summed E-state index contributed by atoms with van der Waals surface area (Å²) in [7, 11) is 0. The van der Waals surface area contributed by atoms with Crippen LogP contribution in [0.25, 0.3) is 6.08 Å². The van der Waals surface area contributed by atoms with E-state index in [1.165, 1.54) is 0 Å². The Morgan fingerprint density at radius 3 is 2.42 bits per heavy atom. The van der Waals surface area contributed by atoms with Crippen LogP contribution in [-0.4, -0.2) is 10.8 Å². The fourth-order valence-electron chi connectivity index (χ4n) is 1.50. The molecule has 0 amide bonds. The molecule has 0 saturated carbocycles. The van der Waals surface area contributed by atoms with Crippen LogP contribution in [0, 0.1) is 0 Å². The van der Waals surface area contributed by atoms with Gasteiger partial charge in [-0.15, -0.1) is 0 Å². The molecule has 0 aliphatic carbocycles. The predicted molar refractivity (Wildman–Crippen MR) is 80.3 cm³/mol. The van der Waals surface area contributed by atoms with E-state index < -0.39 is 0 Å². The molecular weight excluding hydrogens is 236 g/mol. The van der Waals surface area contributed by atoms with Gasteiger partial charge in [-0.1, -0.05) is 36.4 Å². The number of hydrogen-bond acceptors (Lipinski definition) is 3. The van der Waals surface area contributed by atoms with Crippen molar-refractivity contribution in [2.75, 3.05) is 5.43 Å². The van der Waals surface area contributed by atoms with Crippen LogP contribution in [0.15, 0.2) is 65.8 Å². The molecule has 96 valence electrons. The normalized spacial score (nSPS) is 11.7. The number of benzene rings is 2. The molecule has 0 bridgehead atoms. The highest BCUT2D eigenvalue weighted by atomic mass is 16.3. The van der Waals surface area contributed by atoms with Crippen LogP contribution < -0.4 is 5.43 Å². The first kappa shape index (κ1) is 12.9. The van der Waals surface area contributed by atoms with Gasteiger partial charge in [0.15, 0.2) is 0 Å². The first-order chi connectivity index (χ1) is 9.24. The number of phenolic OH excluding ortho intramolecular Hbond substituents is 1. The molecule has 3 nitrogen and oxygen atoms in total. The van der Waals surface area contributed by atoms with E-state index >= 15 is 0 Å². The molecule has 0 fully saturated rings. The number of hydrazone groups is 1. The van der Waals surface area contributed by atoms with Crippen LogP contribution in [0.5, 0.6) is 5.75 Å². The van der Waals surface area contributed by atoms with E-state index in [0.717, 1.165) is 17.0 Å². The first-order valence-electron chi connectivity index (χ1n) is 6.06. The number of hydrogen-bond donors (Lipinski definition) is 2. The second-order valence-electron chi connectivity index (χ2n) is 4.16. The van der Waals surface area contributed by atoms with Crippen LogP contribution >= 0.6 is 0 Å². The topological polar surface area (TPSA) is 44.6 Å². The third-order valence-electron chi connectivity index (χ3n) is 2.55. The van der Waals surface area contributed by atoms with Gasteiger partial charge in [0.25, 0.3) is 0 Å². The molecular formula is C16H16N2O. The van der Waals surface area contributed by atoms with Crippen LogP contribution in [0.2, 0.25) is 0 Å². The number of para-hydroxylation sites is 1. The van der Waals surface area contributed by atoms with E-state index in [1.807, 2.05) is 61.5 Å². The number of allylic oxidation sites excluding steroid dienone is 1. The zero-order chi connectivity index (χ0) is 13.5. The van der Waals surface area contributed by atoms with Crippen molar-refractivity contribution in [2.45, 2.75) is 6.92 Å². The summed E-state index contributed by atoms with van der Waals surface area (Å²) in [5, 5.41) is 13.4. The number of aromatic hydroxyl groups is 1. The molecule has 3 heteroatoms. The molecule has 0 aliphatic rings. The fraction of sp³-hybridized carbons (Fsp3) is 0.0625. The summed E-state index contributed by atoms with van der Waals surface area (Å²) >= 11 is 0. The summed E-state index contributed by atoms with van der Waals surface area (Å²) in [5.41, 5.74) is 5.84. The smallest absolute Gasteiger partial charge is 0.115 e. The van der Waals surface area contributed by atoms with Crippen molar-refractivity contribution in [2.24, 2.45) is 5.10 Å². The Labute approximate surface area is 112 Å². The largest absolute Gasteiger partial charge is 0.508 e. The Hall–Kier alpha value is -2.55. The van der Waals surface area contributed by atoms with Gasteiger partial charge in [0, 0.05) is 0 Å². The van der Waals surface area contributed by atoms with Crippen molar-refractivity contribution >= 4 is 17.5 Å². The Morgan fingerprint density at radius 2 is 1.74 bits per heavy atom. The molecule has 2 aromatic carbocycles. The van der Waals surface area contributed by atoms with Gasteiger partial charge >= 0.3 is 0 Å². The van der Waals surface area contributed by atoms with E-state index in [4.69, 9.17) is 0 Å². The standard InChI is InChI=1S/C16H16N2O/c1-13(17-18-15-5-3-2-4-6-15)7-8-14-9-11-16(19)12-10-14/h2-12,18-19H,1H3/b8-7-,17-13-. The molecule has 19 heavy (non-hydrogen) atoms. The van der Waals surface area contributed by atoms with Crippen LogP contribution in [0.4, 0.5) is 5.69 Å². The molecule has 0 atom stereocenters. The highest BCUT2D eigenvalue weighted by molar-refractivity contribution is 5.96. The third kappa shape index (κ3) is 4.32. The molecule has 0 heterocycles. The van der Waals surface area contributed by atoms with E-state index in [0.29, 0.717) is 0 Å². The SMILES string of the molecule is CC(/C=C\c1ccc(O)cc1)=N/Nc1ccccc1. The van der Waals surface area contributed by atoms with Gasteiger partial charge in [-0.3, -0.25) is 5.43 Å². The Bertz CT molecular complexity index is 571. The summed E-state index contributed by atoms with van der Waals surface area (Å²) in [6.07, 6.45) is 3.87. The zero-order valence-corrected chi connectivity index (χ0v) is 10.7. The monoisotopic (exact) mass is 252 g/mol. The van der Waals surface area contributed by atoms with Gasteiger partial charge in [0.2, 0.25) is 0 Å². The lowest BCUT2D eigenvalue weighted by atomic mass is 10.2. The average molecular weight is 252 g/mol. The maximum absolute atomic E-state index is 9.19. The molecule has 0 unspecified atom stereocenters. The number of nitrogens with zero attached hydrogens (tertiary/aromatic N) is 1. The maximum atomic E-state index is 9.19. The average Bonchev–Trinajstić information content (AvgIpc) is 2.45. The molecule has 0 saturated heterocycles. The number of nitrogens with one attached hydrogen (secondary N) is 1. The zero-order valence-electron chi connectivity index (χ0n) is 10.7. The summed E-state index contributed by atoms with van der Waals surface area (Å²) in [6.45, 7) is 1.92. The van der Waals surface area contributed by atoms with Gasteiger partial charge in [-0.25, -0.2) is 0 Å². The minimum Gasteiger partial charge on any atom is -0.508 e. The molecule has 0 spiro atoms. The highest BCUT2D eigenvalue weighted by Crippen LogP contribution is 2.11. The van der Waals surface area contributed by atoms with Gasteiger partial charge in [0.1, 0.15) is 5.75 Å². The molecule has 2 rings (SSSR count). The Kier molecular flexibility index (Phi) is 4.34. The van der Waals surface area contributed by atoms with Gasteiger partial charge in [-0.2, -0.15) is 5.10 Å². The van der Waals surface area contributed by atoms with Crippen LogP contribution in [-0.2, 0) is 0 Å². The second kappa shape index (κ2) is 6.40. The molecule has 0 radical (unpaired) electrons. The molecule has 0 aromatic heterocycles.